The SMILES string of the molecule is CC1(c2nc(-c3ccc(F)cc3)no2)CCNC1. The lowest BCUT2D eigenvalue weighted by atomic mass is 9.90. The Balaban J connectivity index is 1.91. The van der Waals surface area contributed by atoms with E-state index in [9.17, 15) is 4.39 Å². The first-order chi connectivity index (χ1) is 8.67. The van der Waals surface area contributed by atoms with Crippen LogP contribution in [0.4, 0.5) is 4.39 Å². The maximum Gasteiger partial charge on any atom is 0.234 e. The molecule has 1 fully saturated rings. The van der Waals surface area contributed by atoms with Crippen molar-refractivity contribution in [3.8, 4) is 11.4 Å². The van der Waals surface area contributed by atoms with Crippen molar-refractivity contribution >= 4 is 0 Å². The summed E-state index contributed by atoms with van der Waals surface area (Å²) in [6, 6.07) is 6.09. The van der Waals surface area contributed by atoms with E-state index in [-0.39, 0.29) is 11.2 Å². The van der Waals surface area contributed by atoms with Crippen molar-refractivity contribution in [1.82, 2.24) is 15.5 Å². The molecule has 1 aliphatic rings. The van der Waals surface area contributed by atoms with E-state index in [0.717, 1.165) is 25.1 Å². The third-order valence-electron chi connectivity index (χ3n) is 3.41. The van der Waals surface area contributed by atoms with Crippen molar-refractivity contribution in [2.24, 2.45) is 0 Å². The van der Waals surface area contributed by atoms with Gasteiger partial charge in [-0.1, -0.05) is 5.16 Å². The van der Waals surface area contributed by atoms with E-state index >= 15 is 0 Å². The van der Waals surface area contributed by atoms with Crippen LogP contribution in [0.25, 0.3) is 11.4 Å². The monoisotopic (exact) mass is 247 g/mol. The van der Waals surface area contributed by atoms with Crippen LogP contribution in [0.1, 0.15) is 19.2 Å². The molecule has 1 unspecified atom stereocenters. The summed E-state index contributed by atoms with van der Waals surface area (Å²) in [6.45, 7) is 3.91. The molecule has 2 aromatic rings. The number of benzene rings is 1. The predicted octanol–water partition coefficient (Wildman–Crippen LogP) is 2.13. The maximum atomic E-state index is 12.8. The van der Waals surface area contributed by atoms with Crippen LogP contribution in [0.3, 0.4) is 0 Å². The van der Waals surface area contributed by atoms with Gasteiger partial charge in [0.15, 0.2) is 0 Å². The van der Waals surface area contributed by atoms with Gasteiger partial charge in [0, 0.05) is 12.1 Å². The van der Waals surface area contributed by atoms with Gasteiger partial charge in [-0.2, -0.15) is 4.98 Å². The standard InChI is InChI=1S/C13H14FN3O/c1-13(6-7-15-8-13)12-16-11(17-18-12)9-2-4-10(14)5-3-9/h2-5,15H,6-8H2,1H3. The van der Waals surface area contributed by atoms with Crippen LogP contribution in [0.5, 0.6) is 0 Å². The Labute approximate surface area is 104 Å². The number of rotatable bonds is 2. The molecule has 1 atom stereocenters. The minimum Gasteiger partial charge on any atom is -0.338 e. The third-order valence-corrected chi connectivity index (χ3v) is 3.41. The van der Waals surface area contributed by atoms with E-state index in [1.807, 2.05) is 0 Å². The lowest BCUT2D eigenvalue weighted by molar-refractivity contribution is 0.306. The first-order valence-electron chi connectivity index (χ1n) is 5.98. The van der Waals surface area contributed by atoms with E-state index in [1.165, 1.54) is 12.1 Å². The lowest BCUT2D eigenvalue weighted by Crippen LogP contribution is -2.25. The molecule has 1 aromatic heterocycles. The molecule has 0 aliphatic carbocycles. The van der Waals surface area contributed by atoms with Crippen LogP contribution >= 0.6 is 0 Å². The molecule has 0 radical (unpaired) electrons. The molecule has 18 heavy (non-hydrogen) atoms. The Morgan fingerprint density at radius 1 is 1.33 bits per heavy atom. The number of hydrogen-bond acceptors (Lipinski definition) is 4. The fourth-order valence-electron chi connectivity index (χ4n) is 2.18. The Kier molecular flexibility index (Phi) is 2.63. The second kappa shape index (κ2) is 4.17. The van der Waals surface area contributed by atoms with E-state index in [1.54, 1.807) is 12.1 Å². The van der Waals surface area contributed by atoms with Gasteiger partial charge >= 0.3 is 0 Å². The fraction of sp³-hybridized carbons (Fsp3) is 0.385. The Bertz CT molecular complexity index is 544. The topological polar surface area (TPSA) is 51.0 Å². The summed E-state index contributed by atoms with van der Waals surface area (Å²) < 4.78 is 18.2. The zero-order valence-electron chi connectivity index (χ0n) is 10.1. The summed E-state index contributed by atoms with van der Waals surface area (Å²) in [5.74, 6) is 0.888. The summed E-state index contributed by atoms with van der Waals surface area (Å²) in [5.41, 5.74) is 0.673. The van der Waals surface area contributed by atoms with Crippen LogP contribution in [-0.2, 0) is 5.41 Å². The Morgan fingerprint density at radius 3 is 2.78 bits per heavy atom. The number of nitrogens with zero attached hydrogens (tertiary/aromatic N) is 2. The minimum absolute atomic E-state index is 0.0920. The van der Waals surface area contributed by atoms with Gasteiger partial charge in [-0.25, -0.2) is 4.39 Å². The molecule has 0 saturated carbocycles. The van der Waals surface area contributed by atoms with Crippen molar-refractivity contribution < 1.29 is 8.91 Å². The van der Waals surface area contributed by atoms with E-state index in [2.05, 4.69) is 22.4 Å². The van der Waals surface area contributed by atoms with Crippen LogP contribution < -0.4 is 5.32 Å². The molecule has 1 N–H and O–H groups in total. The highest BCUT2D eigenvalue weighted by Crippen LogP contribution is 2.30. The lowest BCUT2D eigenvalue weighted by Gasteiger charge is -2.15. The molecule has 0 amide bonds. The van der Waals surface area contributed by atoms with E-state index in [0.29, 0.717) is 11.7 Å². The fourth-order valence-corrected chi connectivity index (χ4v) is 2.18. The normalized spacial score (nSPS) is 23.4. The zero-order valence-corrected chi connectivity index (χ0v) is 10.1. The summed E-state index contributed by atoms with van der Waals surface area (Å²) in [4.78, 5) is 4.42. The average molecular weight is 247 g/mol. The second-order valence-corrected chi connectivity index (χ2v) is 4.92. The molecule has 0 bridgehead atoms. The van der Waals surface area contributed by atoms with Gasteiger partial charge in [0.1, 0.15) is 5.82 Å². The summed E-state index contributed by atoms with van der Waals surface area (Å²) in [6.07, 6.45) is 0.984. The third kappa shape index (κ3) is 1.90. The second-order valence-electron chi connectivity index (χ2n) is 4.92. The molecule has 1 aromatic carbocycles. The molecule has 4 nitrogen and oxygen atoms in total. The molecule has 3 rings (SSSR count). The van der Waals surface area contributed by atoms with Crippen LogP contribution in [0.15, 0.2) is 28.8 Å². The molecule has 1 aliphatic heterocycles. The molecular weight excluding hydrogens is 233 g/mol. The minimum atomic E-state index is -0.269. The molecule has 1 saturated heterocycles. The van der Waals surface area contributed by atoms with Crippen molar-refractivity contribution in [2.75, 3.05) is 13.1 Å². The summed E-state index contributed by atoms with van der Waals surface area (Å²) in [5, 5.41) is 7.26. The van der Waals surface area contributed by atoms with E-state index < -0.39 is 0 Å². The number of hydrogen-bond donors (Lipinski definition) is 1. The highest BCUT2D eigenvalue weighted by molar-refractivity contribution is 5.53. The Morgan fingerprint density at radius 2 is 2.11 bits per heavy atom. The van der Waals surface area contributed by atoms with Gasteiger partial charge in [-0.15, -0.1) is 0 Å². The molecule has 2 heterocycles. The van der Waals surface area contributed by atoms with Crippen molar-refractivity contribution in [1.29, 1.82) is 0 Å². The summed E-state index contributed by atoms with van der Waals surface area (Å²) >= 11 is 0. The largest absolute Gasteiger partial charge is 0.338 e. The van der Waals surface area contributed by atoms with E-state index in [4.69, 9.17) is 4.52 Å². The average Bonchev–Trinajstić information content (AvgIpc) is 2.99. The maximum absolute atomic E-state index is 12.8. The first-order valence-corrected chi connectivity index (χ1v) is 5.98. The quantitative estimate of drug-likeness (QED) is 0.883. The first kappa shape index (κ1) is 11.3. The molecule has 5 heteroatoms. The highest BCUT2D eigenvalue weighted by atomic mass is 19.1. The molecule has 0 spiro atoms. The highest BCUT2D eigenvalue weighted by Gasteiger charge is 2.36. The van der Waals surface area contributed by atoms with Crippen LogP contribution in [-0.4, -0.2) is 23.2 Å². The van der Waals surface area contributed by atoms with Crippen LogP contribution in [0, 0.1) is 5.82 Å². The predicted molar refractivity (Wildman–Crippen MR) is 64.5 cm³/mol. The number of halogens is 1. The van der Waals surface area contributed by atoms with Crippen molar-refractivity contribution in [2.45, 2.75) is 18.8 Å². The van der Waals surface area contributed by atoms with Crippen LogP contribution in [0.2, 0.25) is 0 Å². The van der Waals surface area contributed by atoms with Crippen molar-refractivity contribution in [3.05, 3.63) is 36.0 Å². The zero-order chi connectivity index (χ0) is 12.6. The van der Waals surface area contributed by atoms with Gasteiger partial charge in [-0.05, 0) is 44.2 Å². The smallest absolute Gasteiger partial charge is 0.234 e. The van der Waals surface area contributed by atoms with Gasteiger partial charge < -0.3 is 9.84 Å². The molecule has 94 valence electrons. The van der Waals surface area contributed by atoms with Gasteiger partial charge in [-0.3, -0.25) is 0 Å². The molecular formula is C13H14FN3O. The van der Waals surface area contributed by atoms with Crippen molar-refractivity contribution in [3.63, 3.8) is 0 Å². The van der Waals surface area contributed by atoms with Gasteiger partial charge in [0.25, 0.3) is 0 Å². The Hall–Kier alpha value is -1.75. The number of aromatic nitrogens is 2. The summed E-state index contributed by atoms with van der Waals surface area (Å²) in [7, 11) is 0. The van der Waals surface area contributed by atoms with Gasteiger partial charge in [0.2, 0.25) is 11.7 Å². The van der Waals surface area contributed by atoms with Gasteiger partial charge in [0.05, 0.1) is 5.41 Å². The number of nitrogens with one attached hydrogen (secondary N) is 1.